The predicted molar refractivity (Wildman–Crippen MR) is 142 cm³/mol. The average Bonchev–Trinajstić information content (AvgIpc) is 3.33. The van der Waals surface area contributed by atoms with Gasteiger partial charge in [0.05, 0.1) is 4.90 Å². The number of nitrogens with two attached hydrogens (primary N) is 1. The van der Waals surface area contributed by atoms with Crippen LogP contribution < -0.4 is 5.14 Å². The molecule has 1 saturated heterocycles. The molecule has 1 saturated carbocycles. The van der Waals surface area contributed by atoms with Gasteiger partial charge in [-0.1, -0.05) is 57.9 Å². The van der Waals surface area contributed by atoms with Crippen LogP contribution in [0.4, 0.5) is 0 Å². The molecule has 7 heteroatoms. The van der Waals surface area contributed by atoms with Crippen LogP contribution in [0.25, 0.3) is 0 Å². The monoisotopic (exact) mass is 512 g/mol. The van der Waals surface area contributed by atoms with E-state index in [0.29, 0.717) is 17.2 Å². The van der Waals surface area contributed by atoms with Crippen LogP contribution in [0.3, 0.4) is 0 Å². The number of carbonyl (C=O) groups excluding carboxylic acids is 1. The Balaban J connectivity index is 0.000000214. The van der Waals surface area contributed by atoms with Gasteiger partial charge in [-0.3, -0.25) is 4.79 Å². The van der Waals surface area contributed by atoms with E-state index in [4.69, 9.17) is 5.14 Å². The SMILES string of the molecule is CC1(C)C2Cc3c(O)cccc3[C@]1(C)CCN2C(=O)C1CCCC1.Cc1ccc(C)c(S(N)(=O)=O)c1. The van der Waals surface area contributed by atoms with E-state index in [1.165, 1.54) is 18.4 Å². The zero-order valence-corrected chi connectivity index (χ0v) is 23.0. The first-order valence-corrected chi connectivity index (χ1v) is 14.5. The lowest BCUT2D eigenvalue weighted by Crippen LogP contribution is -2.65. The van der Waals surface area contributed by atoms with Crippen molar-refractivity contribution in [1.29, 1.82) is 0 Å². The third-order valence-corrected chi connectivity index (χ3v) is 10.3. The number of sulfonamides is 1. The molecule has 2 aromatic carbocycles. The first kappa shape index (κ1) is 26.7. The van der Waals surface area contributed by atoms with Crippen LogP contribution in [0, 0.1) is 25.2 Å². The Kier molecular flexibility index (Phi) is 7.03. The maximum Gasteiger partial charge on any atom is 0.238 e. The van der Waals surface area contributed by atoms with E-state index in [2.05, 4.69) is 31.7 Å². The smallest absolute Gasteiger partial charge is 0.238 e. The summed E-state index contributed by atoms with van der Waals surface area (Å²) in [5.74, 6) is 0.997. The largest absolute Gasteiger partial charge is 0.508 e. The lowest BCUT2D eigenvalue weighted by Gasteiger charge is -2.61. The topological polar surface area (TPSA) is 101 Å². The number of aromatic hydroxyl groups is 1. The van der Waals surface area contributed by atoms with Crippen molar-refractivity contribution in [2.45, 2.75) is 89.5 Å². The van der Waals surface area contributed by atoms with Crippen molar-refractivity contribution in [2.24, 2.45) is 16.5 Å². The fourth-order valence-corrected chi connectivity index (χ4v) is 7.48. The van der Waals surface area contributed by atoms with E-state index < -0.39 is 10.0 Å². The van der Waals surface area contributed by atoms with Crippen LogP contribution >= 0.6 is 0 Å². The second kappa shape index (κ2) is 9.49. The molecule has 2 fully saturated rings. The molecule has 1 aliphatic heterocycles. The molecule has 1 unspecified atom stereocenters. The lowest BCUT2D eigenvalue weighted by molar-refractivity contribution is -0.148. The number of nitrogens with zero attached hydrogens (tertiary/aromatic N) is 1. The number of benzene rings is 2. The molecule has 196 valence electrons. The highest BCUT2D eigenvalue weighted by Gasteiger charge is 2.57. The van der Waals surface area contributed by atoms with E-state index in [1.807, 2.05) is 19.1 Å². The Hall–Kier alpha value is -2.38. The molecule has 5 rings (SSSR count). The number of phenols is 1. The molecular weight excluding hydrogens is 472 g/mol. The molecule has 1 heterocycles. The van der Waals surface area contributed by atoms with Crippen molar-refractivity contribution >= 4 is 15.9 Å². The van der Waals surface area contributed by atoms with Crippen LogP contribution in [-0.2, 0) is 26.7 Å². The van der Waals surface area contributed by atoms with Gasteiger partial charge in [-0.05, 0) is 79.3 Å². The molecule has 6 nitrogen and oxygen atoms in total. The normalized spacial score (nSPS) is 25.1. The van der Waals surface area contributed by atoms with Crippen molar-refractivity contribution in [1.82, 2.24) is 4.90 Å². The first-order chi connectivity index (χ1) is 16.8. The number of fused-ring (bicyclic) bond motifs is 4. The van der Waals surface area contributed by atoms with Crippen molar-refractivity contribution in [3.05, 3.63) is 58.7 Å². The number of carbonyl (C=O) groups is 1. The summed E-state index contributed by atoms with van der Waals surface area (Å²) in [6.45, 7) is 11.4. The molecule has 36 heavy (non-hydrogen) atoms. The molecular formula is C29H40N2O4S. The molecule has 2 atom stereocenters. The predicted octanol–water partition coefficient (Wildman–Crippen LogP) is 4.97. The van der Waals surface area contributed by atoms with Gasteiger partial charge in [0, 0.05) is 23.9 Å². The van der Waals surface area contributed by atoms with Gasteiger partial charge in [0.2, 0.25) is 15.9 Å². The van der Waals surface area contributed by atoms with E-state index in [9.17, 15) is 18.3 Å². The summed E-state index contributed by atoms with van der Waals surface area (Å²) in [6, 6.07) is 11.3. The number of rotatable bonds is 2. The second-order valence-electron chi connectivity index (χ2n) is 11.7. The maximum atomic E-state index is 13.2. The van der Waals surface area contributed by atoms with Crippen molar-refractivity contribution in [2.75, 3.05) is 6.54 Å². The molecule has 2 bridgehead atoms. The molecule has 0 spiro atoms. The van der Waals surface area contributed by atoms with Gasteiger partial charge < -0.3 is 10.0 Å². The first-order valence-electron chi connectivity index (χ1n) is 13.0. The summed E-state index contributed by atoms with van der Waals surface area (Å²) in [5.41, 5.74) is 3.95. The summed E-state index contributed by atoms with van der Waals surface area (Å²) in [5, 5.41) is 15.4. The van der Waals surface area contributed by atoms with Crippen LogP contribution in [0.5, 0.6) is 5.75 Å². The molecule has 2 aromatic rings. The molecule has 2 aliphatic carbocycles. The lowest BCUT2D eigenvalue weighted by atomic mass is 9.51. The summed E-state index contributed by atoms with van der Waals surface area (Å²) in [6.07, 6.45) is 6.26. The Morgan fingerprint density at radius 2 is 1.75 bits per heavy atom. The average molecular weight is 513 g/mol. The Morgan fingerprint density at radius 3 is 2.36 bits per heavy atom. The van der Waals surface area contributed by atoms with Crippen LogP contribution in [-0.4, -0.2) is 36.9 Å². The summed E-state index contributed by atoms with van der Waals surface area (Å²) >= 11 is 0. The minimum atomic E-state index is -3.56. The quantitative estimate of drug-likeness (QED) is 0.593. The van der Waals surface area contributed by atoms with Gasteiger partial charge in [-0.2, -0.15) is 0 Å². The number of aryl methyl sites for hydroxylation is 2. The Morgan fingerprint density at radius 1 is 1.08 bits per heavy atom. The van der Waals surface area contributed by atoms with Gasteiger partial charge in [-0.15, -0.1) is 0 Å². The standard InChI is InChI=1S/C21H29NO2.C8H11NO2S/c1-20(2)18-13-15-16(9-6-10-17(15)23)21(20,3)11-12-22(18)19(24)14-7-4-5-8-14;1-6-3-4-7(2)8(5-6)12(9,10)11/h6,9-10,14,18,23H,4-5,7-8,11-13H2,1-3H3;3-5H,1-2H3,(H2,9,10,11)/t18?,21-;/m0./s1. The fourth-order valence-electron chi connectivity index (χ4n) is 6.61. The molecule has 3 N–H and O–H groups in total. The highest BCUT2D eigenvalue weighted by atomic mass is 32.2. The van der Waals surface area contributed by atoms with Crippen LogP contribution in [0.2, 0.25) is 0 Å². The van der Waals surface area contributed by atoms with Crippen molar-refractivity contribution < 1.29 is 18.3 Å². The molecule has 0 radical (unpaired) electrons. The Bertz CT molecular complexity index is 1260. The van der Waals surface area contributed by atoms with Crippen molar-refractivity contribution in [3.63, 3.8) is 0 Å². The third-order valence-electron chi connectivity index (χ3n) is 9.26. The number of amides is 1. The van der Waals surface area contributed by atoms with E-state index in [-0.39, 0.29) is 27.7 Å². The van der Waals surface area contributed by atoms with E-state index in [0.717, 1.165) is 43.4 Å². The highest BCUT2D eigenvalue weighted by Crippen LogP contribution is 2.57. The number of phenolic OH excluding ortho intramolecular Hbond substituents is 1. The fraction of sp³-hybridized carbons (Fsp3) is 0.552. The maximum absolute atomic E-state index is 13.2. The second-order valence-corrected chi connectivity index (χ2v) is 13.2. The van der Waals surface area contributed by atoms with Gasteiger partial charge in [-0.25, -0.2) is 13.6 Å². The van der Waals surface area contributed by atoms with Gasteiger partial charge >= 0.3 is 0 Å². The summed E-state index contributed by atoms with van der Waals surface area (Å²) < 4.78 is 22.0. The Labute approximate surface area is 215 Å². The van der Waals surface area contributed by atoms with Crippen LogP contribution in [0.15, 0.2) is 41.3 Å². The molecule has 3 aliphatic rings. The van der Waals surface area contributed by atoms with Crippen molar-refractivity contribution in [3.8, 4) is 5.75 Å². The van der Waals surface area contributed by atoms with E-state index in [1.54, 1.807) is 25.1 Å². The summed E-state index contributed by atoms with van der Waals surface area (Å²) in [4.78, 5) is 15.5. The van der Waals surface area contributed by atoms with Gasteiger partial charge in [0.25, 0.3) is 0 Å². The zero-order chi connectivity index (χ0) is 26.5. The number of likely N-dealkylation sites (tertiary alicyclic amines) is 1. The van der Waals surface area contributed by atoms with E-state index >= 15 is 0 Å². The summed E-state index contributed by atoms with van der Waals surface area (Å²) in [7, 11) is -3.56. The number of primary sulfonamides is 1. The minimum Gasteiger partial charge on any atom is -0.508 e. The molecule has 0 aromatic heterocycles. The number of hydrogen-bond donors (Lipinski definition) is 2. The van der Waals surface area contributed by atoms with Crippen LogP contribution in [0.1, 0.15) is 75.1 Å². The van der Waals surface area contributed by atoms with Gasteiger partial charge in [0.15, 0.2) is 0 Å². The number of piperidine rings is 1. The van der Waals surface area contributed by atoms with Gasteiger partial charge in [0.1, 0.15) is 5.75 Å². The molecule has 1 amide bonds. The third kappa shape index (κ3) is 4.56. The highest BCUT2D eigenvalue weighted by molar-refractivity contribution is 7.89. The minimum absolute atomic E-state index is 0.0104. The number of hydrogen-bond acceptors (Lipinski definition) is 4. The zero-order valence-electron chi connectivity index (χ0n) is 22.2.